The van der Waals surface area contributed by atoms with Gasteiger partial charge in [-0.1, -0.05) is 133 Å². The number of pyridine rings is 1. The van der Waals surface area contributed by atoms with Crippen molar-refractivity contribution >= 4 is 43.6 Å². The fourth-order valence-corrected chi connectivity index (χ4v) is 7.29. The van der Waals surface area contributed by atoms with Gasteiger partial charge in [-0.25, -0.2) is 15.0 Å². The quantitative estimate of drug-likeness (QED) is 0.188. The molecule has 10 aromatic rings. The molecule has 0 amide bonds. The number of benzene rings is 6. The Hall–Kier alpha value is -6.85. The van der Waals surface area contributed by atoms with Gasteiger partial charge in [0.25, 0.3) is 0 Å². The van der Waals surface area contributed by atoms with Crippen molar-refractivity contribution in [2.75, 3.05) is 0 Å². The molecule has 234 valence electrons. The second-order valence-corrected chi connectivity index (χ2v) is 12.5. The summed E-state index contributed by atoms with van der Waals surface area (Å²) in [6, 6.07) is 61.2. The van der Waals surface area contributed by atoms with Crippen LogP contribution in [0.5, 0.6) is 0 Å². The lowest BCUT2D eigenvalue weighted by molar-refractivity contribution is 0.993. The van der Waals surface area contributed by atoms with Crippen LogP contribution in [0, 0.1) is 0 Å². The minimum atomic E-state index is 0.623. The molecule has 0 bridgehead atoms. The second-order valence-electron chi connectivity index (χ2n) is 12.5. The van der Waals surface area contributed by atoms with E-state index in [0.717, 1.165) is 61.8 Å². The lowest BCUT2D eigenvalue weighted by Crippen LogP contribution is -2.06. The van der Waals surface area contributed by atoms with E-state index in [1.807, 2.05) is 36.4 Å². The van der Waals surface area contributed by atoms with Gasteiger partial charge in [0.05, 0.1) is 33.5 Å². The molecule has 0 fully saturated rings. The molecule has 4 aromatic heterocycles. The first-order chi connectivity index (χ1) is 24.8. The van der Waals surface area contributed by atoms with Gasteiger partial charge in [-0.3, -0.25) is 9.13 Å². The molecule has 0 spiro atoms. The Morgan fingerprint density at radius 3 is 1.02 bits per heavy atom. The summed E-state index contributed by atoms with van der Waals surface area (Å²) in [4.78, 5) is 15.9. The zero-order valence-electron chi connectivity index (χ0n) is 27.0. The molecule has 10 rings (SSSR count). The maximum atomic E-state index is 5.40. The number of hydrogen-bond donors (Lipinski definition) is 0. The number of rotatable bonds is 5. The summed E-state index contributed by atoms with van der Waals surface area (Å²) in [5.41, 5.74) is 9.07. The smallest absolute Gasteiger partial charge is 0.164 e. The topological polar surface area (TPSA) is 48.5 Å². The molecule has 0 aliphatic carbocycles. The van der Waals surface area contributed by atoms with Crippen molar-refractivity contribution in [3.63, 3.8) is 0 Å². The van der Waals surface area contributed by atoms with Crippen LogP contribution >= 0.6 is 0 Å². The summed E-state index contributed by atoms with van der Waals surface area (Å²) in [5, 5.41) is 4.73. The van der Waals surface area contributed by atoms with Crippen molar-refractivity contribution in [3.05, 3.63) is 176 Å². The highest BCUT2D eigenvalue weighted by molar-refractivity contribution is 6.10. The number of aromatic nitrogens is 5. The third kappa shape index (κ3) is 4.52. The van der Waals surface area contributed by atoms with Gasteiger partial charge < -0.3 is 0 Å². The summed E-state index contributed by atoms with van der Waals surface area (Å²) in [6.45, 7) is 0. The fraction of sp³-hybridized carbons (Fsp3) is 0. The predicted octanol–water partition coefficient (Wildman–Crippen LogP) is 11.1. The highest BCUT2D eigenvalue weighted by atomic mass is 15.1. The van der Waals surface area contributed by atoms with E-state index in [9.17, 15) is 0 Å². The van der Waals surface area contributed by atoms with Crippen molar-refractivity contribution in [1.82, 2.24) is 24.1 Å². The van der Waals surface area contributed by atoms with Gasteiger partial charge in [-0.05, 0) is 36.4 Å². The maximum Gasteiger partial charge on any atom is 0.164 e. The SMILES string of the molecule is c1ccc(-c2cc(-c3nc(-n4c5ccccc5c5ccccc54)cc(-n4c5ccccc5c5ccccc54)n3)cc(-c3ccccc3)n2)cc1. The van der Waals surface area contributed by atoms with Crippen LogP contribution in [0.3, 0.4) is 0 Å². The minimum Gasteiger partial charge on any atom is -0.294 e. The van der Waals surface area contributed by atoms with Crippen LogP contribution < -0.4 is 0 Å². The Balaban J connectivity index is 1.31. The van der Waals surface area contributed by atoms with Crippen LogP contribution in [-0.4, -0.2) is 24.1 Å². The average molecular weight is 640 g/mol. The van der Waals surface area contributed by atoms with E-state index < -0.39 is 0 Å². The van der Waals surface area contributed by atoms with Crippen molar-refractivity contribution < 1.29 is 0 Å². The highest BCUT2D eigenvalue weighted by Gasteiger charge is 2.20. The summed E-state index contributed by atoms with van der Waals surface area (Å²) in [5.74, 6) is 2.21. The van der Waals surface area contributed by atoms with Gasteiger partial charge in [0.15, 0.2) is 5.82 Å². The standard InChI is InChI=1S/C45H29N5/c1-3-15-30(16-4-1)37-27-32(28-38(46-37)31-17-5-2-6-18-31)45-47-43(49-39-23-11-7-19-33(39)34-20-8-12-24-40(34)49)29-44(48-45)50-41-25-13-9-21-35(41)36-22-10-14-26-42(36)50/h1-29H. The van der Waals surface area contributed by atoms with Gasteiger partial charge in [-0.2, -0.15) is 0 Å². The molecule has 0 aliphatic rings. The molecule has 0 unspecified atom stereocenters. The number of para-hydroxylation sites is 4. The van der Waals surface area contributed by atoms with Crippen LogP contribution in [0.4, 0.5) is 0 Å². The summed E-state index contributed by atoms with van der Waals surface area (Å²) in [7, 11) is 0. The molecule has 4 heterocycles. The second kappa shape index (κ2) is 11.4. The van der Waals surface area contributed by atoms with Crippen LogP contribution in [0.15, 0.2) is 176 Å². The Kier molecular flexibility index (Phi) is 6.42. The normalized spacial score (nSPS) is 11.6. The number of nitrogens with zero attached hydrogens (tertiary/aromatic N) is 5. The van der Waals surface area contributed by atoms with Gasteiger partial charge in [-0.15, -0.1) is 0 Å². The van der Waals surface area contributed by atoms with E-state index in [0.29, 0.717) is 5.82 Å². The first kappa shape index (κ1) is 28.2. The largest absolute Gasteiger partial charge is 0.294 e. The third-order valence-electron chi connectivity index (χ3n) is 9.54. The average Bonchev–Trinajstić information content (AvgIpc) is 3.71. The number of fused-ring (bicyclic) bond motifs is 6. The van der Waals surface area contributed by atoms with Crippen molar-refractivity contribution in [1.29, 1.82) is 0 Å². The van der Waals surface area contributed by atoms with E-state index >= 15 is 0 Å². The molecular formula is C45H29N5. The van der Waals surface area contributed by atoms with E-state index in [-0.39, 0.29) is 0 Å². The highest BCUT2D eigenvalue weighted by Crippen LogP contribution is 2.36. The van der Waals surface area contributed by atoms with E-state index in [1.54, 1.807) is 0 Å². The summed E-state index contributed by atoms with van der Waals surface area (Å²) >= 11 is 0. The van der Waals surface area contributed by atoms with Gasteiger partial charge in [0.1, 0.15) is 11.6 Å². The minimum absolute atomic E-state index is 0.623. The molecule has 5 nitrogen and oxygen atoms in total. The molecule has 0 atom stereocenters. The molecular weight excluding hydrogens is 611 g/mol. The predicted molar refractivity (Wildman–Crippen MR) is 205 cm³/mol. The first-order valence-corrected chi connectivity index (χ1v) is 16.8. The summed E-state index contributed by atoms with van der Waals surface area (Å²) < 4.78 is 4.54. The van der Waals surface area contributed by atoms with E-state index in [2.05, 4.69) is 149 Å². The molecule has 0 saturated heterocycles. The van der Waals surface area contributed by atoms with Crippen LogP contribution in [0.25, 0.3) is 89.2 Å². The molecule has 0 saturated carbocycles. The van der Waals surface area contributed by atoms with Crippen LogP contribution in [0.2, 0.25) is 0 Å². The zero-order valence-corrected chi connectivity index (χ0v) is 27.0. The van der Waals surface area contributed by atoms with Crippen molar-refractivity contribution in [3.8, 4) is 45.5 Å². The van der Waals surface area contributed by atoms with Crippen LogP contribution in [-0.2, 0) is 0 Å². The number of hydrogen-bond acceptors (Lipinski definition) is 3. The Bertz CT molecular complexity index is 2570. The zero-order chi connectivity index (χ0) is 33.0. The molecule has 0 N–H and O–H groups in total. The molecule has 50 heavy (non-hydrogen) atoms. The van der Waals surface area contributed by atoms with Gasteiger partial charge in [0.2, 0.25) is 0 Å². The van der Waals surface area contributed by atoms with E-state index in [1.165, 1.54) is 21.5 Å². The lowest BCUT2D eigenvalue weighted by Gasteiger charge is -2.15. The first-order valence-electron chi connectivity index (χ1n) is 16.8. The Morgan fingerprint density at radius 1 is 0.300 bits per heavy atom. The van der Waals surface area contributed by atoms with Crippen molar-refractivity contribution in [2.24, 2.45) is 0 Å². The van der Waals surface area contributed by atoms with Crippen molar-refractivity contribution in [2.45, 2.75) is 0 Å². The Labute approximate surface area is 288 Å². The lowest BCUT2D eigenvalue weighted by atomic mass is 10.0. The van der Waals surface area contributed by atoms with Gasteiger partial charge in [0, 0.05) is 44.3 Å². The van der Waals surface area contributed by atoms with Gasteiger partial charge >= 0.3 is 0 Å². The fourth-order valence-electron chi connectivity index (χ4n) is 7.29. The Morgan fingerprint density at radius 2 is 0.640 bits per heavy atom. The molecule has 5 heteroatoms. The molecule has 0 aliphatic heterocycles. The third-order valence-corrected chi connectivity index (χ3v) is 9.54. The van der Waals surface area contributed by atoms with E-state index in [4.69, 9.17) is 15.0 Å². The summed E-state index contributed by atoms with van der Waals surface area (Å²) in [6.07, 6.45) is 0. The molecule has 6 aromatic carbocycles. The van der Waals surface area contributed by atoms with Crippen LogP contribution in [0.1, 0.15) is 0 Å². The maximum absolute atomic E-state index is 5.40. The molecule has 0 radical (unpaired) electrons. The monoisotopic (exact) mass is 639 g/mol.